The number of fused-ring (bicyclic) bond motifs is 1. The third-order valence-electron chi connectivity index (χ3n) is 2.86. The average Bonchev–Trinajstić information content (AvgIpc) is 2.90. The molecule has 0 saturated heterocycles. The normalized spacial score (nSPS) is 11.1. The van der Waals surface area contributed by atoms with Gasteiger partial charge in [-0.2, -0.15) is 0 Å². The van der Waals surface area contributed by atoms with Crippen molar-refractivity contribution in [2.24, 2.45) is 5.73 Å². The van der Waals surface area contributed by atoms with E-state index in [0.717, 1.165) is 23.3 Å². The summed E-state index contributed by atoms with van der Waals surface area (Å²) >= 11 is 0. The molecule has 86 valence electrons. The summed E-state index contributed by atoms with van der Waals surface area (Å²) in [5.41, 5.74) is 9.84. The fourth-order valence-corrected chi connectivity index (χ4v) is 1.96. The summed E-state index contributed by atoms with van der Waals surface area (Å²) in [6.45, 7) is 0.687. The molecule has 0 atom stereocenters. The molecule has 0 bridgehead atoms. The zero-order valence-corrected chi connectivity index (χ0v) is 9.43. The summed E-state index contributed by atoms with van der Waals surface area (Å²) in [6, 6.07) is 10.3. The molecule has 0 amide bonds. The number of hydrogen-bond acceptors (Lipinski definition) is 2. The van der Waals surface area contributed by atoms with Crippen LogP contribution in [-0.2, 0) is 6.42 Å². The molecule has 0 spiro atoms. The number of hydrogen-bond donors (Lipinski definition) is 2. The lowest BCUT2D eigenvalue weighted by atomic mass is 10.1. The van der Waals surface area contributed by atoms with Crippen LogP contribution in [0.25, 0.3) is 16.9 Å². The summed E-state index contributed by atoms with van der Waals surface area (Å²) < 4.78 is 1.91. The first-order valence-corrected chi connectivity index (χ1v) is 5.69. The largest absolute Gasteiger partial charge is 0.330 e. The molecule has 3 N–H and O–H groups in total. The van der Waals surface area contributed by atoms with Crippen LogP contribution >= 0.6 is 0 Å². The molecule has 0 aliphatic rings. The van der Waals surface area contributed by atoms with E-state index in [9.17, 15) is 0 Å². The van der Waals surface area contributed by atoms with Gasteiger partial charge in [-0.1, -0.05) is 24.3 Å². The third-order valence-corrected chi connectivity index (χ3v) is 2.86. The summed E-state index contributed by atoms with van der Waals surface area (Å²) in [4.78, 5) is 4.53. The zero-order valence-electron chi connectivity index (χ0n) is 9.43. The van der Waals surface area contributed by atoms with Crippen molar-refractivity contribution in [1.29, 1.82) is 0 Å². The molecule has 17 heavy (non-hydrogen) atoms. The number of nitrogens with zero attached hydrogens (tertiary/aromatic N) is 2. The number of rotatable bonds is 3. The smallest absolute Gasteiger partial charge is 0.153 e. The fraction of sp³-hybridized carbons (Fsp3) is 0.154. The number of benzene rings is 1. The van der Waals surface area contributed by atoms with Gasteiger partial charge in [-0.25, -0.2) is 9.50 Å². The van der Waals surface area contributed by atoms with Crippen LogP contribution in [0.1, 0.15) is 5.56 Å². The molecule has 1 aromatic carbocycles. The molecule has 0 unspecified atom stereocenters. The molecule has 0 aliphatic carbocycles. The van der Waals surface area contributed by atoms with Gasteiger partial charge in [0, 0.05) is 17.8 Å². The number of H-pyrrole nitrogens is 1. The van der Waals surface area contributed by atoms with Gasteiger partial charge in [0.15, 0.2) is 5.65 Å². The Morgan fingerprint density at radius 2 is 2.00 bits per heavy atom. The van der Waals surface area contributed by atoms with Crippen LogP contribution < -0.4 is 5.73 Å². The lowest BCUT2D eigenvalue weighted by Gasteiger charge is -2.00. The molecule has 0 fully saturated rings. The highest BCUT2D eigenvalue weighted by atomic mass is 15.2. The van der Waals surface area contributed by atoms with Gasteiger partial charge in [-0.05, 0) is 18.5 Å². The van der Waals surface area contributed by atoms with Crippen molar-refractivity contribution in [3.05, 3.63) is 48.3 Å². The summed E-state index contributed by atoms with van der Waals surface area (Å²) in [7, 11) is 0. The molecule has 2 heterocycles. The van der Waals surface area contributed by atoms with Crippen molar-refractivity contribution in [3.63, 3.8) is 0 Å². The van der Waals surface area contributed by atoms with Gasteiger partial charge in [-0.15, -0.1) is 0 Å². The van der Waals surface area contributed by atoms with E-state index < -0.39 is 0 Å². The van der Waals surface area contributed by atoms with Crippen molar-refractivity contribution in [2.75, 3.05) is 6.54 Å². The van der Waals surface area contributed by atoms with Crippen LogP contribution in [0, 0.1) is 0 Å². The van der Waals surface area contributed by atoms with Crippen molar-refractivity contribution in [3.8, 4) is 11.3 Å². The second-order valence-corrected chi connectivity index (χ2v) is 4.05. The monoisotopic (exact) mass is 226 g/mol. The first-order chi connectivity index (χ1) is 8.36. The molecule has 0 saturated carbocycles. The highest BCUT2D eigenvalue weighted by molar-refractivity contribution is 5.62. The molecular formula is C13H14N4. The predicted molar refractivity (Wildman–Crippen MR) is 67.7 cm³/mol. The maximum atomic E-state index is 5.53. The van der Waals surface area contributed by atoms with Gasteiger partial charge in [0.25, 0.3) is 0 Å². The topological polar surface area (TPSA) is 59.1 Å². The molecule has 4 nitrogen and oxygen atoms in total. The predicted octanol–water partition coefficient (Wildman–Crippen LogP) is 1.83. The minimum atomic E-state index is 0.687. The van der Waals surface area contributed by atoms with E-state index in [4.69, 9.17) is 5.73 Å². The Balaban J connectivity index is 1.95. The Labute approximate surface area is 99.1 Å². The van der Waals surface area contributed by atoms with E-state index in [1.165, 1.54) is 5.56 Å². The molecule has 0 aliphatic heterocycles. The second kappa shape index (κ2) is 4.07. The maximum Gasteiger partial charge on any atom is 0.153 e. The van der Waals surface area contributed by atoms with E-state index in [1.807, 2.05) is 23.0 Å². The number of nitrogens with one attached hydrogen (secondary N) is 1. The Bertz CT molecular complexity index is 590. The maximum absolute atomic E-state index is 5.53. The van der Waals surface area contributed by atoms with E-state index in [0.29, 0.717) is 6.54 Å². The van der Waals surface area contributed by atoms with Crippen LogP contribution in [0.15, 0.2) is 42.7 Å². The van der Waals surface area contributed by atoms with Crippen LogP contribution in [-0.4, -0.2) is 21.1 Å². The van der Waals surface area contributed by atoms with Gasteiger partial charge in [0.2, 0.25) is 0 Å². The number of imidazole rings is 1. The van der Waals surface area contributed by atoms with Crippen molar-refractivity contribution >= 4 is 5.65 Å². The minimum Gasteiger partial charge on any atom is -0.330 e. The SMILES string of the molecule is NCCc1ccc(-c2cn3[nH]ccc3n2)cc1. The highest BCUT2D eigenvalue weighted by Crippen LogP contribution is 2.19. The lowest BCUT2D eigenvalue weighted by Crippen LogP contribution is -2.02. The standard InChI is InChI=1S/C13H14N4/c14-7-5-10-1-3-11(4-2-10)12-9-17-13(16-12)6-8-15-17/h1-4,6,8-9,15H,5,7,14H2. The summed E-state index contributed by atoms with van der Waals surface area (Å²) in [5, 5.41) is 3.08. The second-order valence-electron chi connectivity index (χ2n) is 4.05. The van der Waals surface area contributed by atoms with Crippen LogP contribution in [0.2, 0.25) is 0 Å². The van der Waals surface area contributed by atoms with Crippen LogP contribution in [0.4, 0.5) is 0 Å². The van der Waals surface area contributed by atoms with E-state index in [2.05, 4.69) is 34.3 Å². The van der Waals surface area contributed by atoms with Crippen LogP contribution in [0.3, 0.4) is 0 Å². The van der Waals surface area contributed by atoms with E-state index in [1.54, 1.807) is 0 Å². The minimum absolute atomic E-state index is 0.687. The van der Waals surface area contributed by atoms with Crippen molar-refractivity contribution < 1.29 is 0 Å². The molecule has 2 aromatic heterocycles. The van der Waals surface area contributed by atoms with Gasteiger partial charge < -0.3 is 10.8 Å². The van der Waals surface area contributed by atoms with E-state index in [-0.39, 0.29) is 0 Å². The number of aromatic nitrogens is 3. The average molecular weight is 226 g/mol. The van der Waals surface area contributed by atoms with Crippen LogP contribution in [0.5, 0.6) is 0 Å². The van der Waals surface area contributed by atoms with Gasteiger partial charge in [0.1, 0.15) is 0 Å². The Morgan fingerprint density at radius 1 is 1.18 bits per heavy atom. The van der Waals surface area contributed by atoms with Crippen molar-refractivity contribution in [1.82, 2.24) is 14.6 Å². The van der Waals surface area contributed by atoms with Gasteiger partial charge >= 0.3 is 0 Å². The summed E-state index contributed by atoms with van der Waals surface area (Å²) in [6.07, 6.45) is 4.79. The Kier molecular flexibility index (Phi) is 2.42. The number of aromatic amines is 1. The molecule has 4 heteroatoms. The summed E-state index contributed by atoms with van der Waals surface area (Å²) in [5.74, 6) is 0. The quantitative estimate of drug-likeness (QED) is 0.715. The third kappa shape index (κ3) is 1.83. The first kappa shape index (κ1) is 10.1. The lowest BCUT2D eigenvalue weighted by molar-refractivity contribution is 0.968. The highest BCUT2D eigenvalue weighted by Gasteiger charge is 2.04. The van der Waals surface area contributed by atoms with Crippen molar-refractivity contribution in [2.45, 2.75) is 6.42 Å². The molecule has 3 aromatic rings. The first-order valence-electron chi connectivity index (χ1n) is 5.69. The van der Waals surface area contributed by atoms with Gasteiger partial charge in [-0.3, -0.25) is 0 Å². The zero-order chi connectivity index (χ0) is 11.7. The molecule has 0 radical (unpaired) electrons. The molecular weight excluding hydrogens is 212 g/mol. The number of nitrogens with two attached hydrogens (primary N) is 1. The Morgan fingerprint density at radius 3 is 2.71 bits per heavy atom. The van der Waals surface area contributed by atoms with Gasteiger partial charge in [0.05, 0.1) is 11.9 Å². The fourth-order valence-electron chi connectivity index (χ4n) is 1.96. The van der Waals surface area contributed by atoms with E-state index >= 15 is 0 Å². The Hall–Kier alpha value is -2.07. The molecule has 3 rings (SSSR count).